The van der Waals surface area contributed by atoms with Crippen LogP contribution in [0.4, 0.5) is 0 Å². The van der Waals surface area contributed by atoms with Crippen molar-refractivity contribution in [2.24, 2.45) is 0 Å². The fraction of sp³-hybridized carbons (Fsp3) is 0.200. The maximum absolute atomic E-state index is 12.9. The number of ketones is 1. The molecule has 0 aliphatic rings. The minimum absolute atomic E-state index is 0.0799. The summed E-state index contributed by atoms with van der Waals surface area (Å²) in [4.78, 5) is 24.5. The summed E-state index contributed by atoms with van der Waals surface area (Å²) in [7, 11) is 1.32. The topological polar surface area (TPSA) is 76.7 Å². The van der Waals surface area contributed by atoms with Crippen molar-refractivity contribution in [2.75, 3.05) is 7.11 Å². The van der Waals surface area contributed by atoms with Gasteiger partial charge in [-0.2, -0.15) is 0 Å². The van der Waals surface area contributed by atoms with Crippen LogP contribution in [0, 0.1) is 6.92 Å². The van der Waals surface area contributed by atoms with Gasteiger partial charge in [0.05, 0.1) is 7.11 Å². The quantitative estimate of drug-likeness (QED) is 0.529. The molecule has 26 heavy (non-hydrogen) atoms. The predicted octanol–water partition coefficient (Wildman–Crippen LogP) is 4.44. The molecule has 0 aliphatic heterocycles. The molecular formula is C20H17ClO5. The summed E-state index contributed by atoms with van der Waals surface area (Å²) in [5.74, 6) is -0.451. The molecule has 6 heteroatoms. The van der Waals surface area contributed by atoms with E-state index < -0.39 is 0 Å². The second kappa shape index (κ2) is 7.22. The number of benzene rings is 2. The molecule has 134 valence electrons. The summed E-state index contributed by atoms with van der Waals surface area (Å²) in [6.07, 6.45) is 0.407. The van der Waals surface area contributed by atoms with E-state index >= 15 is 0 Å². The highest BCUT2D eigenvalue weighted by Gasteiger charge is 2.24. The van der Waals surface area contributed by atoms with Gasteiger partial charge in [0, 0.05) is 33.5 Å². The van der Waals surface area contributed by atoms with Crippen LogP contribution >= 0.6 is 11.6 Å². The van der Waals surface area contributed by atoms with Gasteiger partial charge in [0.2, 0.25) is 5.78 Å². The highest BCUT2D eigenvalue weighted by atomic mass is 35.5. The van der Waals surface area contributed by atoms with E-state index in [0.29, 0.717) is 39.1 Å². The smallest absolute Gasteiger partial charge is 0.305 e. The minimum Gasteiger partial charge on any atom is -0.508 e. The van der Waals surface area contributed by atoms with Crippen LogP contribution in [-0.4, -0.2) is 24.0 Å². The number of rotatable bonds is 5. The lowest BCUT2D eigenvalue weighted by Crippen LogP contribution is -2.06. The van der Waals surface area contributed by atoms with Crippen molar-refractivity contribution >= 4 is 34.3 Å². The van der Waals surface area contributed by atoms with Crippen molar-refractivity contribution in [1.29, 1.82) is 0 Å². The lowest BCUT2D eigenvalue weighted by Gasteiger charge is -2.03. The Balaban J connectivity index is 2.12. The third-order valence-electron chi connectivity index (χ3n) is 4.30. The number of hydrogen-bond acceptors (Lipinski definition) is 5. The fourth-order valence-corrected chi connectivity index (χ4v) is 2.96. The summed E-state index contributed by atoms with van der Waals surface area (Å²) < 4.78 is 10.5. The molecule has 1 N–H and O–H groups in total. The molecule has 0 radical (unpaired) electrons. The number of methoxy groups -OCH3 is 1. The minimum atomic E-state index is -0.375. The highest BCUT2D eigenvalue weighted by molar-refractivity contribution is 6.30. The summed E-state index contributed by atoms with van der Waals surface area (Å²) in [5, 5.41) is 11.1. The van der Waals surface area contributed by atoms with Gasteiger partial charge in [-0.05, 0) is 49.7 Å². The Morgan fingerprint density at radius 1 is 1.15 bits per heavy atom. The molecule has 3 rings (SSSR count). The van der Waals surface area contributed by atoms with Crippen molar-refractivity contribution in [3.63, 3.8) is 0 Å². The van der Waals surface area contributed by atoms with Crippen LogP contribution in [0.25, 0.3) is 11.0 Å². The molecular weight excluding hydrogens is 356 g/mol. The van der Waals surface area contributed by atoms with Gasteiger partial charge < -0.3 is 14.3 Å². The molecule has 0 fully saturated rings. The second-order valence-electron chi connectivity index (χ2n) is 5.91. The number of phenols is 1. The average molecular weight is 373 g/mol. The fourth-order valence-electron chi connectivity index (χ4n) is 2.83. The van der Waals surface area contributed by atoms with E-state index in [1.54, 1.807) is 43.3 Å². The van der Waals surface area contributed by atoms with E-state index in [-0.39, 0.29) is 29.7 Å². The molecule has 0 saturated heterocycles. The first kappa shape index (κ1) is 18.0. The molecule has 0 aliphatic carbocycles. The van der Waals surface area contributed by atoms with Crippen molar-refractivity contribution in [3.05, 3.63) is 63.9 Å². The number of carbonyl (C=O) groups excluding carboxylic acids is 2. The third kappa shape index (κ3) is 3.30. The van der Waals surface area contributed by atoms with Gasteiger partial charge in [-0.15, -0.1) is 0 Å². The molecule has 2 aromatic carbocycles. The number of ether oxygens (including phenoxy) is 1. The summed E-state index contributed by atoms with van der Waals surface area (Å²) in [6, 6.07) is 9.72. The molecule has 5 nitrogen and oxygen atoms in total. The van der Waals surface area contributed by atoms with Gasteiger partial charge in [0.25, 0.3) is 0 Å². The SMILES string of the molecule is COC(=O)CCc1c(C(=O)c2ccc(Cl)cc2)oc2c(C)c(O)ccc12. The molecule has 0 bridgehead atoms. The maximum Gasteiger partial charge on any atom is 0.305 e. The Bertz CT molecular complexity index is 986. The standard InChI is InChI=1S/C20H17ClO5/c1-11-16(22)9-7-14-15(8-10-17(23)25-2)20(26-19(11)14)18(24)12-3-5-13(21)6-4-12/h3-7,9,22H,8,10H2,1-2H3. The third-order valence-corrected chi connectivity index (χ3v) is 4.55. The van der Waals surface area contributed by atoms with E-state index in [4.69, 9.17) is 20.8 Å². The van der Waals surface area contributed by atoms with Crippen molar-refractivity contribution in [1.82, 2.24) is 0 Å². The largest absolute Gasteiger partial charge is 0.508 e. The number of halogens is 1. The summed E-state index contributed by atoms with van der Waals surface area (Å²) in [6.45, 7) is 1.71. The van der Waals surface area contributed by atoms with E-state index in [0.717, 1.165) is 0 Å². The number of phenolic OH excluding ortho intramolecular Hbond substituents is 1. The van der Waals surface area contributed by atoms with Gasteiger partial charge >= 0.3 is 5.97 Å². The first-order chi connectivity index (χ1) is 12.4. The Morgan fingerprint density at radius 3 is 2.50 bits per heavy atom. The first-order valence-electron chi connectivity index (χ1n) is 8.03. The Labute approximate surface area is 155 Å². The molecule has 1 aromatic heterocycles. The van der Waals surface area contributed by atoms with E-state index in [2.05, 4.69) is 0 Å². The molecule has 0 unspecified atom stereocenters. The zero-order chi connectivity index (χ0) is 18.8. The predicted molar refractivity (Wildman–Crippen MR) is 97.8 cm³/mol. The molecule has 0 saturated carbocycles. The Kier molecular flexibility index (Phi) is 5.00. The number of fused-ring (bicyclic) bond motifs is 1. The van der Waals surface area contributed by atoms with Gasteiger partial charge in [-0.3, -0.25) is 9.59 Å². The summed E-state index contributed by atoms with van der Waals surface area (Å²) >= 11 is 5.88. The normalized spacial score (nSPS) is 10.9. The maximum atomic E-state index is 12.9. The highest BCUT2D eigenvalue weighted by Crippen LogP contribution is 2.34. The monoisotopic (exact) mass is 372 g/mol. The van der Waals surface area contributed by atoms with E-state index in [9.17, 15) is 14.7 Å². The number of carbonyl (C=O) groups is 2. The van der Waals surface area contributed by atoms with E-state index in [1.165, 1.54) is 7.11 Å². The number of hydrogen-bond donors (Lipinski definition) is 1. The average Bonchev–Trinajstić information content (AvgIpc) is 3.02. The zero-order valence-corrected chi connectivity index (χ0v) is 15.1. The van der Waals surface area contributed by atoms with Gasteiger partial charge in [-0.25, -0.2) is 0 Å². The van der Waals surface area contributed by atoms with Crippen LogP contribution in [0.15, 0.2) is 40.8 Å². The van der Waals surface area contributed by atoms with Crippen LogP contribution in [0.3, 0.4) is 0 Å². The molecule has 0 amide bonds. The van der Waals surface area contributed by atoms with Crippen LogP contribution in [-0.2, 0) is 16.0 Å². The first-order valence-corrected chi connectivity index (χ1v) is 8.41. The molecule has 0 spiro atoms. The molecule has 3 aromatic rings. The lowest BCUT2D eigenvalue weighted by molar-refractivity contribution is -0.140. The second-order valence-corrected chi connectivity index (χ2v) is 6.34. The summed E-state index contributed by atoms with van der Waals surface area (Å²) in [5.41, 5.74) is 2.02. The van der Waals surface area contributed by atoms with Gasteiger partial charge in [-0.1, -0.05) is 11.6 Å². The van der Waals surface area contributed by atoms with Crippen molar-refractivity contribution in [2.45, 2.75) is 19.8 Å². The van der Waals surface area contributed by atoms with Crippen LogP contribution < -0.4 is 0 Å². The van der Waals surface area contributed by atoms with Crippen LogP contribution in [0.5, 0.6) is 5.75 Å². The van der Waals surface area contributed by atoms with E-state index in [1.807, 2.05) is 0 Å². The van der Waals surface area contributed by atoms with Crippen LogP contribution in [0.1, 0.15) is 33.7 Å². The van der Waals surface area contributed by atoms with Crippen molar-refractivity contribution < 1.29 is 23.8 Å². The number of furan rings is 1. The Hall–Kier alpha value is -2.79. The van der Waals surface area contributed by atoms with Crippen molar-refractivity contribution in [3.8, 4) is 5.75 Å². The molecule has 1 heterocycles. The number of aryl methyl sites for hydroxylation is 2. The zero-order valence-electron chi connectivity index (χ0n) is 14.3. The molecule has 0 atom stereocenters. The number of aromatic hydroxyl groups is 1. The van der Waals surface area contributed by atoms with Gasteiger partial charge in [0.15, 0.2) is 5.76 Å². The van der Waals surface area contributed by atoms with Crippen LogP contribution in [0.2, 0.25) is 5.02 Å². The van der Waals surface area contributed by atoms with Gasteiger partial charge in [0.1, 0.15) is 11.3 Å². The Morgan fingerprint density at radius 2 is 1.85 bits per heavy atom. The lowest BCUT2D eigenvalue weighted by atomic mass is 9.99. The number of esters is 1.